The van der Waals surface area contributed by atoms with E-state index in [2.05, 4.69) is 25.3 Å². The first-order chi connectivity index (χ1) is 14.7. The van der Waals surface area contributed by atoms with Gasteiger partial charge in [-0.15, -0.1) is 5.10 Å². The molecule has 0 unspecified atom stereocenters. The molecule has 1 N–H and O–H groups in total. The molecule has 1 aliphatic rings. The van der Waals surface area contributed by atoms with Gasteiger partial charge in [0, 0.05) is 23.5 Å². The van der Waals surface area contributed by atoms with Crippen LogP contribution in [0.4, 0.5) is 13.2 Å². The van der Waals surface area contributed by atoms with Crippen molar-refractivity contribution in [1.82, 2.24) is 29.8 Å². The molecule has 1 fully saturated rings. The van der Waals surface area contributed by atoms with E-state index in [0.717, 1.165) is 36.2 Å². The Kier molecular flexibility index (Phi) is 5.69. The van der Waals surface area contributed by atoms with Crippen LogP contribution in [0.2, 0.25) is 0 Å². The second-order valence-electron chi connectivity index (χ2n) is 7.66. The van der Waals surface area contributed by atoms with Crippen LogP contribution in [0.15, 0.2) is 22.8 Å². The van der Waals surface area contributed by atoms with Crippen LogP contribution in [0.5, 0.6) is 0 Å². The summed E-state index contributed by atoms with van der Waals surface area (Å²) in [7, 11) is 0. The summed E-state index contributed by atoms with van der Waals surface area (Å²) in [6.45, 7) is 5.51. The number of rotatable bonds is 6. The molecular formula is C20H23F3N6O2. The zero-order chi connectivity index (χ0) is 22.2. The minimum Gasteiger partial charge on any atom is -0.468 e. The van der Waals surface area contributed by atoms with Gasteiger partial charge in [-0.25, -0.2) is 9.50 Å². The summed E-state index contributed by atoms with van der Waals surface area (Å²) in [6, 6.07) is 3.65. The third-order valence-electron chi connectivity index (χ3n) is 5.59. The van der Waals surface area contributed by atoms with E-state index in [1.807, 2.05) is 12.1 Å². The van der Waals surface area contributed by atoms with Gasteiger partial charge in [-0.2, -0.15) is 18.2 Å². The zero-order valence-corrected chi connectivity index (χ0v) is 17.2. The number of likely N-dealkylation sites (tertiary alicyclic amines) is 1. The first-order valence-electron chi connectivity index (χ1n) is 10.1. The Hall–Kier alpha value is -2.95. The first-order valence-corrected chi connectivity index (χ1v) is 10.1. The number of alkyl halides is 3. The summed E-state index contributed by atoms with van der Waals surface area (Å²) >= 11 is 0. The summed E-state index contributed by atoms with van der Waals surface area (Å²) < 4.78 is 45.4. The number of aromatic nitrogens is 4. The molecule has 1 amide bonds. The number of carbonyl (C=O) groups excluding carboxylic acids is 1. The largest absolute Gasteiger partial charge is 0.468 e. The van der Waals surface area contributed by atoms with Crippen molar-refractivity contribution in [2.24, 2.45) is 0 Å². The molecule has 4 rings (SSSR count). The molecule has 1 saturated heterocycles. The number of nitrogens with one attached hydrogen (secondary N) is 1. The smallest absolute Gasteiger partial charge is 0.453 e. The maximum absolute atomic E-state index is 12.9. The number of furan rings is 1. The number of carbonyl (C=O) groups is 1. The lowest BCUT2D eigenvalue weighted by Crippen LogP contribution is -2.37. The molecule has 8 nitrogen and oxygen atoms in total. The summed E-state index contributed by atoms with van der Waals surface area (Å²) in [4.78, 5) is 22.5. The molecule has 166 valence electrons. The van der Waals surface area contributed by atoms with Gasteiger partial charge < -0.3 is 9.73 Å². The van der Waals surface area contributed by atoms with Gasteiger partial charge in [-0.05, 0) is 51.9 Å². The van der Waals surface area contributed by atoms with E-state index in [-0.39, 0.29) is 24.1 Å². The Bertz CT molecular complexity index is 1070. The Labute approximate surface area is 176 Å². The van der Waals surface area contributed by atoms with E-state index in [1.165, 1.54) is 0 Å². The molecule has 3 aromatic heterocycles. The Balaban J connectivity index is 1.50. The topological polar surface area (TPSA) is 88.6 Å². The van der Waals surface area contributed by atoms with Crippen LogP contribution >= 0.6 is 0 Å². The molecule has 4 heterocycles. The van der Waals surface area contributed by atoms with Gasteiger partial charge in [-0.3, -0.25) is 9.69 Å². The fourth-order valence-electron chi connectivity index (χ4n) is 3.96. The molecule has 0 bridgehead atoms. The molecule has 0 spiro atoms. The van der Waals surface area contributed by atoms with Gasteiger partial charge in [0.25, 0.3) is 11.6 Å². The van der Waals surface area contributed by atoms with Gasteiger partial charge in [0.05, 0.1) is 18.7 Å². The normalized spacial score (nSPS) is 16.2. The van der Waals surface area contributed by atoms with Crippen LogP contribution in [-0.4, -0.2) is 50.0 Å². The maximum Gasteiger partial charge on any atom is 0.453 e. The van der Waals surface area contributed by atoms with E-state index >= 15 is 0 Å². The van der Waals surface area contributed by atoms with Gasteiger partial charge in [0.2, 0.25) is 5.91 Å². The highest BCUT2D eigenvalue weighted by Gasteiger charge is 2.37. The summed E-state index contributed by atoms with van der Waals surface area (Å²) in [6.07, 6.45) is -0.865. The van der Waals surface area contributed by atoms with Crippen molar-refractivity contribution >= 4 is 11.7 Å². The number of nitrogens with zero attached hydrogens (tertiary/aromatic N) is 5. The molecule has 1 atom stereocenters. The molecule has 1 aliphatic heterocycles. The SMILES string of the molecule is Cc1nc2nc(C(F)(F)F)nn2c(C)c1CC(=O)NC[C@H](c1ccco1)N1CCCC1. The Morgan fingerprint density at radius 1 is 1.26 bits per heavy atom. The molecule has 11 heteroatoms. The zero-order valence-electron chi connectivity index (χ0n) is 17.2. The van der Waals surface area contributed by atoms with Crippen molar-refractivity contribution in [3.8, 4) is 0 Å². The van der Waals surface area contributed by atoms with Crippen LogP contribution in [0.3, 0.4) is 0 Å². The molecule has 0 saturated carbocycles. The molecule has 0 radical (unpaired) electrons. The third kappa shape index (κ3) is 4.41. The van der Waals surface area contributed by atoms with Crippen LogP contribution in [-0.2, 0) is 17.4 Å². The second kappa shape index (κ2) is 8.29. The van der Waals surface area contributed by atoms with Crippen LogP contribution in [0.1, 0.15) is 47.4 Å². The Morgan fingerprint density at radius 2 is 2.00 bits per heavy atom. The molecule has 31 heavy (non-hydrogen) atoms. The van der Waals surface area contributed by atoms with Crippen molar-refractivity contribution in [2.75, 3.05) is 19.6 Å². The van der Waals surface area contributed by atoms with Crippen LogP contribution in [0.25, 0.3) is 5.78 Å². The van der Waals surface area contributed by atoms with Crippen LogP contribution < -0.4 is 5.32 Å². The lowest BCUT2D eigenvalue weighted by molar-refractivity contribution is -0.144. The van der Waals surface area contributed by atoms with Crippen LogP contribution in [0, 0.1) is 13.8 Å². The van der Waals surface area contributed by atoms with E-state index < -0.39 is 12.0 Å². The number of halogens is 3. The van der Waals surface area contributed by atoms with Crippen molar-refractivity contribution in [3.63, 3.8) is 0 Å². The molecule has 0 aliphatic carbocycles. The average Bonchev–Trinajstić information content (AvgIpc) is 3.46. The van der Waals surface area contributed by atoms with Gasteiger partial charge in [-0.1, -0.05) is 0 Å². The average molecular weight is 436 g/mol. The van der Waals surface area contributed by atoms with E-state index in [0.29, 0.717) is 23.5 Å². The third-order valence-corrected chi connectivity index (χ3v) is 5.59. The number of aryl methyl sites for hydroxylation is 2. The summed E-state index contributed by atoms with van der Waals surface area (Å²) in [5.74, 6) is -0.853. The quantitative estimate of drug-likeness (QED) is 0.639. The minimum atomic E-state index is -4.66. The minimum absolute atomic E-state index is 0.0211. The van der Waals surface area contributed by atoms with Crippen molar-refractivity contribution in [2.45, 2.75) is 45.3 Å². The van der Waals surface area contributed by atoms with E-state index in [9.17, 15) is 18.0 Å². The highest BCUT2D eigenvalue weighted by Crippen LogP contribution is 2.27. The predicted molar refractivity (Wildman–Crippen MR) is 104 cm³/mol. The standard InChI is InChI=1S/C20H23F3N6O2/c1-12-14(13(2)29-19(25-12)26-18(27-29)20(21,22)23)10-17(30)24-11-15(16-6-5-9-31-16)28-7-3-4-8-28/h5-6,9,15H,3-4,7-8,10-11H2,1-2H3,(H,24,30)/t15-/m1/s1. The van der Waals surface area contributed by atoms with Crippen molar-refractivity contribution in [1.29, 1.82) is 0 Å². The number of amides is 1. The fourth-order valence-corrected chi connectivity index (χ4v) is 3.96. The second-order valence-corrected chi connectivity index (χ2v) is 7.66. The number of hydrogen-bond acceptors (Lipinski definition) is 6. The first kappa shape index (κ1) is 21.3. The molecule has 3 aromatic rings. The highest BCUT2D eigenvalue weighted by atomic mass is 19.4. The lowest BCUT2D eigenvalue weighted by atomic mass is 10.1. The fraction of sp³-hybridized carbons (Fsp3) is 0.500. The van der Waals surface area contributed by atoms with Gasteiger partial charge >= 0.3 is 6.18 Å². The monoisotopic (exact) mass is 436 g/mol. The van der Waals surface area contributed by atoms with Gasteiger partial charge in [0.15, 0.2) is 0 Å². The van der Waals surface area contributed by atoms with Gasteiger partial charge in [0.1, 0.15) is 5.76 Å². The lowest BCUT2D eigenvalue weighted by Gasteiger charge is -2.26. The Morgan fingerprint density at radius 3 is 2.65 bits per heavy atom. The number of hydrogen-bond donors (Lipinski definition) is 1. The predicted octanol–water partition coefficient (Wildman–Crippen LogP) is 2.85. The van der Waals surface area contributed by atoms with E-state index in [1.54, 1.807) is 20.1 Å². The summed E-state index contributed by atoms with van der Waals surface area (Å²) in [5, 5.41) is 6.45. The molecular weight excluding hydrogens is 413 g/mol. The maximum atomic E-state index is 12.9. The van der Waals surface area contributed by atoms with Crippen molar-refractivity contribution in [3.05, 3.63) is 46.9 Å². The summed E-state index contributed by atoms with van der Waals surface area (Å²) in [5.41, 5.74) is 1.38. The molecule has 0 aromatic carbocycles. The number of fused-ring (bicyclic) bond motifs is 1. The highest BCUT2D eigenvalue weighted by molar-refractivity contribution is 5.79. The van der Waals surface area contributed by atoms with E-state index in [4.69, 9.17) is 4.42 Å². The van der Waals surface area contributed by atoms with Crippen molar-refractivity contribution < 1.29 is 22.4 Å².